The molecule has 656 valence electrons. The van der Waals surface area contributed by atoms with Gasteiger partial charge in [-0.05, 0) is 277 Å². The maximum atomic E-state index is 10.1. The number of para-hydroxylation sites is 10. The molecule has 0 unspecified atom stereocenters. The van der Waals surface area contributed by atoms with Crippen LogP contribution in [0.15, 0.2) is 502 Å². The number of nitrogens with one attached hydrogen (secondary N) is 1. The van der Waals surface area contributed by atoms with Gasteiger partial charge in [-0.25, -0.2) is 0 Å². The first-order valence-corrected chi connectivity index (χ1v) is 49.6. The molecule has 1 N–H and O–H groups in total. The topological polar surface area (TPSA) is 51.3 Å². The van der Waals surface area contributed by atoms with Crippen molar-refractivity contribution in [3.05, 3.63) is 502 Å². The van der Waals surface area contributed by atoms with Crippen molar-refractivity contribution < 1.29 is 34.7 Å². The number of halogens is 1. The molecule has 0 bridgehead atoms. The molecular weight excluding hydrogens is 1820 g/mol. The van der Waals surface area contributed by atoms with Crippen LogP contribution in [0.3, 0.4) is 0 Å². The molecule has 0 aliphatic carbocycles. The van der Waals surface area contributed by atoms with Crippen molar-refractivity contribution in [3.63, 3.8) is 0 Å². The zero-order chi connectivity index (χ0) is 91.8. The number of thiophene rings is 4. The number of fused-ring (bicyclic) bond motifs is 12. The maximum Gasteiger partial charge on any atom is 1.00 e. The molecule has 13 heteroatoms. The number of hydrogen-bond acceptors (Lipinski definition) is 11. The van der Waals surface area contributed by atoms with E-state index in [4.69, 9.17) is 0 Å². The van der Waals surface area contributed by atoms with E-state index in [2.05, 4.69) is 525 Å². The van der Waals surface area contributed by atoms with Crippen molar-refractivity contribution in [1.82, 2.24) is 0 Å². The fourth-order valence-corrected chi connectivity index (χ4v) is 22.8. The summed E-state index contributed by atoms with van der Waals surface area (Å²) in [6, 6.07) is 178. The van der Waals surface area contributed by atoms with E-state index in [-0.39, 0.29) is 29.6 Å². The van der Waals surface area contributed by atoms with E-state index in [9.17, 15) is 5.11 Å². The third-order valence-electron chi connectivity index (χ3n) is 23.9. The minimum atomic E-state index is -0.750. The zero-order valence-corrected chi connectivity index (χ0v) is 82.8. The van der Waals surface area contributed by atoms with Crippen LogP contribution in [-0.4, -0.2) is 5.60 Å². The van der Waals surface area contributed by atoms with Crippen molar-refractivity contribution in [2.24, 2.45) is 0 Å². The van der Waals surface area contributed by atoms with Crippen molar-refractivity contribution in [1.29, 1.82) is 0 Å². The second kappa shape index (κ2) is 41.0. The second-order valence-corrected chi connectivity index (χ2v) is 39.5. The minimum Gasteiger partial charge on any atom is -0.850 e. The van der Waals surface area contributed by atoms with Gasteiger partial charge in [-0.1, -0.05) is 279 Å². The molecule has 7 nitrogen and oxygen atoms in total. The van der Waals surface area contributed by atoms with Crippen LogP contribution in [0.25, 0.3) is 103 Å². The number of anilines is 17. The predicted octanol–water partition coefficient (Wildman–Crippen LogP) is 34.9. The number of hydrogen-bond donors (Lipinski definition) is 1. The second-order valence-electron chi connectivity index (χ2n) is 34.3. The van der Waals surface area contributed by atoms with E-state index in [0.717, 1.165) is 95.5 Å². The Bertz CT molecular complexity index is 8080. The smallest absolute Gasteiger partial charge is 0.850 e. The summed E-state index contributed by atoms with van der Waals surface area (Å²) in [7, 11) is 0. The molecule has 0 saturated heterocycles. The quantitative estimate of drug-likeness (QED) is 0.0810. The molecule has 0 fully saturated rings. The Labute approximate surface area is 845 Å². The molecular formula is C124H92BrN6NaOS4. The molecule has 24 aromatic rings. The van der Waals surface area contributed by atoms with E-state index >= 15 is 0 Å². The summed E-state index contributed by atoms with van der Waals surface area (Å²) in [5.74, 6) is 0. The summed E-state index contributed by atoms with van der Waals surface area (Å²) in [5.41, 5.74) is 23.4. The van der Waals surface area contributed by atoms with Gasteiger partial charge < -0.3 is 34.9 Å². The van der Waals surface area contributed by atoms with Crippen LogP contribution >= 0.6 is 61.3 Å². The van der Waals surface area contributed by atoms with Gasteiger partial charge in [-0.3, -0.25) is 0 Å². The van der Waals surface area contributed by atoms with Crippen molar-refractivity contribution in [2.75, 3.05) is 29.8 Å². The van der Waals surface area contributed by atoms with Gasteiger partial charge in [-0.15, -0.1) is 50.9 Å². The molecule has 4 heterocycles. The molecule has 24 rings (SSSR count). The van der Waals surface area contributed by atoms with Gasteiger partial charge in [0.1, 0.15) is 0 Å². The van der Waals surface area contributed by atoms with E-state index in [0.29, 0.717) is 0 Å². The van der Waals surface area contributed by atoms with Crippen molar-refractivity contribution in [2.45, 2.75) is 26.4 Å². The molecule has 0 saturated carbocycles. The largest absolute Gasteiger partial charge is 1.00 e. The summed E-state index contributed by atoms with van der Waals surface area (Å²) in [5, 5.41) is 23.8. The Hall–Kier alpha value is -14.5. The molecule has 4 aromatic heterocycles. The van der Waals surface area contributed by atoms with E-state index < -0.39 is 5.60 Å². The Balaban J connectivity index is 0.000000136. The maximum absolute atomic E-state index is 10.1. The Morgan fingerprint density at radius 3 is 0.672 bits per heavy atom. The minimum absolute atomic E-state index is 0. The van der Waals surface area contributed by atoms with Crippen LogP contribution in [0.1, 0.15) is 20.8 Å². The number of benzene rings is 20. The standard InChI is InChI=1S/C60H41N3S2.C36H26N2S.C24H16BrNS.C4H9O.Na/c1-6-16-44(17-7-1)61(45-18-8-2-9-19-45)50-32-36-57-55(39-50)53-34-28-43(38-59(53)64-57)42-26-29-49(30-27-42)63(48-24-14-5-15-25-48)52-31-35-54-56-40-51(33-37-58(56)65-60(54)41-52)62(46-20-10-3-11-21-46)47-22-12-4-13-23-47;1-4-10-28(11-5-1)37-29-19-16-26(17-20-29)27-18-22-33-34-25-32(21-23-35(34)39-36(33)24-27)38(30-12-6-2-7-13-30)31-14-8-3-9-15-31;25-17-11-13-21-22-16-20(12-14-23(22)27-24(21)15-17)26(18-7-3-1-4-8-18)19-9-5-2-6-10-19;1-4(2,3)5;/h1-41H;1-25,37H;1-16H;1-3H3;/q;;;-1;+1. The molecule has 0 spiro atoms. The van der Waals surface area contributed by atoms with Crippen LogP contribution in [-0.2, 0) is 0 Å². The molecule has 0 amide bonds. The van der Waals surface area contributed by atoms with Gasteiger partial charge in [0.15, 0.2) is 0 Å². The summed E-state index contributed by atoms with van der Waals surface area (Å²) in [6.45, 7) is 4.90. The fraction of sp³-hybridized carbons (Fsp3) is 0.0323. The normalized spacial score (nSPS) is 11.2. The molecule has 20 aromatic carbocycles. The first-order valence-electron chi connectivity index (χ1n) is 45.5. The van der Waals surface area contributed by atoms with Gasteiger partial charge >= 0.3 is 29.6 Å². The SMILES string of the molecule is Brc1ccc2c(c1)sc1ccc(N(c3ccccc3)c3ccccc3)cc12.CC(C)(C)[O-].[Na+].c1ccc(N(c2ccc(-c3ccc4c(c3)sc3ccc(N(c5ccccc5)c5ccccc5)cc34)cc2)c2ccc3c(c2)sc2ccc(N(c4ccccc4)c4ccccc4)cc23)cc1.c1ccc(Nc2ccc(-c3ccc4c(c3)sc3ccc(N(c5ccccc5)c5ccccc5)cc34)cc2)cc1. The Morgan fingerprint density at radius 1 is 0.190 bits per heavy atom. The molecule has 0 aliphatic heterocycles. The van der Waals surface area contributed by atoms with Crippen molar-refractivity contribution in [3.8, 4) is 22.3 Å². The molecule has 137 heavy (non-hydrogen) atoms. The van der Waals surface area contributed by atoms with Crippen LogP contribution in [0.4, 0.5) is 96.7 Å². The predicted molar refractivity (Wildman–Crippen MR) is 592 cm³/mol. The molecule has 0 radical (unpaired) electrons. The summed E-state index contributed by atoms with van der Waals surface area (Å²) in [4.78, 5) is 11.7. The Morgan fingerprint density at radius 2 is 0.387 bits per heavy atom. The summed E-state index contributed by atoms with van der Waals surface area (Å²) >= 11 is 11.0. The van der Waals surface area contributed by atoms with Crippen LogP contribution < -0.4 is 64.5 Å². The third-order valence-corrected chi connectivity index (χ3v) is 29.0. The van der Waals surface area contributed by atoms with Gasteiger partial charge in [0.2, 0.25) is 0 Å². The van der Waals surface area contributed by atoms with Crippen LogP contribution in [0.2, 0.25) is 0 Å². The monoisotopic (exact) mass is 1910 g/mol. The zero-order valence-electron chi connectivity index (χ0n) is 76.0. The first kappa shape index (κ1) is 90.3. The van der Waals surface area contributed by atoms with E-state index in [1.54, 1.807) is 20.8 Å². The summed E-state index contributed by atoms with van der Waals surface area (Å²) < 4.78 is 11.4. The Kier molecular flexibility index (Phi) is 27.0. The van der Waals surface area contributed by atoms with Gasteiger partial charge in [0.05, 0.1) is 0 Å². The number of rotatable bonds is 19. The van der Waals surface area contributed by atoms with Crippen LogP contribution in [0.5, 0.6) is 0 Å². The van der Waals surface area contributed by atoms with Crippen LogP contribution in [0, 0.1) is 0 Å². The molecule has 0 atom stereocenters. The number of nitrogens with zero attached hydrogens (tertiary/aromatic N) is 5. The van der Waals surface area contributed by atoms with Gasteiger partial charge in [-0.2, -0.15) is 0 Å². The average Bonchev–Trinajstić information content (AvgIpc) is 1.63. The molecule has 0 aliphatic rings. The third kappa shape index (κ3) is 20.1. The summed E-state index contributed by atoms with van der Waals surface area (Å²) in [6.07, 6.45) is 0. The van der Waals surface area contributed by atoms with Gasteiger partial charge in [0, 0.05) is 182 Å². The fourth-order valence-electron chi connectivity index (χ4n) is 17.7. The average molecular weight is 1910 g/mol. The first-order chi connectivity index (χ1) is 66.8. The van der Waals surface area contributed by atoms with E-state index in [1.807, 2.05) is 63.5 Å². The van der Waals surface area contributed by atoms with Crippen molar-refractivity contribution >= 4 is 239 Å². The van der Waals surface area contributed by atoms with Gasteiger partial charge in [0.25, 0.3) is 0 Å². The van der Waals surface area contributed by atoms with E-state index in [1.165, 1.54) is 109 Å².